The second kappa shape index (κ2) is 18.1. The lowest BCUT2D eigenvalue weighted by atomic mass is 10.0. The highest BCUT2D eigenvalue weighted by Crippen LogP contribution is 2.34. The summed E-state index contributed by atoms with van der Waals surface area (Å²) in [5, 5.41) is 20.8. The van der Waals surface area contributed by atoms with Crippen molar-refractivity contribution in [2.24, 2.45) is 0 Å². The minimum Gasteiger partial charge on any atom is -0.373 e. The third kappa shape index (κ3) is 10.4. The van der Waals surface area contributed by atoms with Crippen LogP contribution in [0.15, 0.2) is 42.5 Å². The van der Waals surface area contributed by atoms with Crippen molar-refractivity contribution in [1.29, 1.82) is 0 Å². The zero-order chi connectivity index (χ0) is 28.7. The molecule has 3 aromatic rings. The normalized spacial score (nSPS) is 12.2. The topological polar surface area (TPSA) is 50.1 Å². The molecule has 0 fully saturated rings. The quantitative estimate of drug-likeness (QED) is 0.105. The number of rotatable bonds is 19. The average molecular weight is 607 g/mol. The Balaban J connectivity index is 1.46. The second-order valence-electron chi connectivity index (χ2n) is 10.8. The number of nitrogens with one attached hydrogen (secondary N) is 1. The smallest absolute Gasteiger partial charge is 0.150 e. The summed E-state index contributed by atoms with van der Waals surface area (Å²) in [5.74, 6) is 0. The number of aromatic nitrogens is 2. The molecule has 0 aliphatic heterocycles. The van der Waals surface area contributed by atoms with E-state index in [0.29, 0.717) is 26.4 Å². The monoisotopic (exact) mass is 605 g/mol. The van der Waals surface area contributed by atoms with Gasteiger partial charge in [0.2, 0.25) is 0 Å². The molecule has 4 nitrogen and oxygen atoms in total. The molecule has 1 unspecified atom stereocenters. The van der Waals surface area contributed by atoms with Crippen molar-refractivity contribution >= 4 is 34.8 Å². The summed E-state index contributed by atoms with van der Waals surface area (Å²) < 4.78 is 1.78. The lowest BCUT2D eigenvalue weighted by molar-refractivity contribution is 0.133. The van der Waals surface area contributed by atoms with Crippen molar-refractivity contribution in [3.8, 4) is 16.9 Å². The Kier molecular flexibility index (Phi) is 14.9. The van der Waals surface area contributed by atoms with Gasteiger partial charge in [0.15, 0.2) is 0 Å². The standard InChI is InChI=1S/C33H46Cl3N3O/c1-3-4-5-6-7-8-9-10-11-12-13-14-15-16-23-37-33(40)31-25(2)32(26-17-19-27(34)20-18-26)39(38-31)30-22-21-28(35)24-29(30)36/h17-22,24,33,37,40H,3-16,23H2,1-2H3. The van der Waals surface area contributed by atoms with Gasteiger partial charge < -0.3 is 5.11 Å². The predicted molar refractivity (Wildman–Crippen MR) is 172 cm³/mol. The predicted octanol–water partition coefficient (Wildman–Crippen LogP) is 10.9. The zero-order valence-electron chi connectivity index (χ0n) is 24.2. The number of nitrogens with zero attached hydrogens (tertiary/aromatic N) is 2. The second-order valence-corrected chi connectivity index (χ2v) is 12.1. The zero-order valence-corrected chi connectivity index (χ0v) is 26.5. The maximum absolute atomic E-state index is 11.0. The number of hydrogen-bond acceptors (Lipinski definition) is 3. The molecule has 0 aliphatic carbocycles. The molecule has 0 amide bonds. The van der Waals surface area contributed by atoms with Crippen LogP contribution < -0.4 is 5.32 Å². The number of aliphatic hydroxyl groups is 1. The number of halogens is 3. The van der Waals surface area contributed by atoms with Gasteiger partial charge in [0.25, 0.3) is 0 Å². The van der Waals surface area contributed by atoms with Gasteiger partial charge in [-0.3, -0.25) is 5.32 Å². The number of hydrogen-bond donors (Lipinski definition) is 2. The van der Waals surface area contributed by atoms with E-state index < -0.39 is 6.23 Å². The van der Waals surface area contributed by atoms with Gasteiger partial charge in [-0.15, -0.1) is 0 Å². The van der Waals surface area contributed by atoms with Crippen LogP contribution >= 0.6 is 34.8 Å². The lowest BCUT2D eigenvalue weighted by Crippen LogP contribution is -2.23. The molecule has 0 aliphatic rings. The first-order valence-electron chi connectivity index (χ1n) is 15.1. The first-order chi connectivity index (χ1) is 19.4. The van der Waals surface area contributed by atoms with E-state index in [2.05, 4.69) is 12.2 Å². The Labute approximate surface area is 256 Å². The lowest BCUT2D eigenvalue weighted by Gasteiger charge is -2.11. The largest absolute Gasteiger partial charge is 0.373 e. The van der Waals surface area contributed by atoms with Gasteiger partial charge >= 0.3 is 0 Å². The summed E-state index contributed by atoms with van der Waals surface area (Å²) in [6.45, 7) is 4.99. The molecule has 1 aromatic heterocycles. The fourth-order valence-electron chi connectivity index (χ4n) is 5.20. The van der Waals surface area contributed by atoms with Gasteiger partial charge in [-0.2, -0.15) is 5.10 Å². The van der Waals surface area contributed by atoms with Gasteiger partial charge in [0.1, 0.15) is 11.9 Å². The summed E-state index contributed by atoms with van der Waals surface area (Å²) in [4.78, 5) is 0. The fourth-order valence-corrected chi connectivity index (χ4v) is 5.82. The molecule has 0 saturated carbocycles. The van der Waals surface area contributed by atoms with Crippen LogP contribution in [0, 0.1) is 6.92 Å². The van der Waals surface area contributed by atoms with Crippen LogP contribution in [0.2, 0.25) is 15.1 Å². The van der Waals surface area contributed by atoms with Crippen LogP contribution in [0.4, 0.5) is 0 Å². The summed E-state index contributed by atoms with van der Waals surface area (Å²) in [6, 6.07) is 12.9. The van der Waals surface area contributed by atoms with Crippen LogP contribution in [0.3, 0.4) is 0 Å². The van der Waals surface area contributed by atoms with Crippen LogP contribution in [0.25, 0.3) is 16.9 Å². The molecule has 2 aromatic carbocycles. The van der Waals surface area contributed by atoms with Crippen LogP contribution in [0.5, 0.6) is 0 Å². The van der Waals surface area contributed by atoms with E-state index in [4.69, 9.17) is 39.9 Å². The summed E-state index contributed by atoms with van der Waals surface area (Å²) >= 11 is 18.8. The minimum atomic E-state index is -0.875. The van der Waals surface area contributed by atoms with Crippen molar-refractivity contribution in [3.63, 3.8) is 0 Å². The van der Waals surface area contributed by atoms with E-state index in [1.54, 1.807) is 16.8 Å². The first kappa shape index (κ1) is 32.9. The fraction of sp³-hybridized carbons (Fsp3) is 0.545. The van der Waals surface area contributed by atoms with Gasteiger partial charge in [-0.1, -0.05) is 137 Å². The molecule has 7 heteroatoms. The molecule has 40 heavy (non-hydrogen) atoms. The highest BCUT2D eigenvalue weighted by Gasteiger charge is 2.23. The van der Waals surface area contributed by atoms with Crippen molar-refractivity contribution in [2.75, 3.05) is 6.54 Å². The maximum atomic E-state index is 11.0. The molecule has 0 saturated heterocycles. The molecule has 1 heterocycles. The maximum Gasteiger partial charge on any atom is 0.150 e. The Hall–Kier alpha value is -1.56. The molecule has 1 atom stereocenters. The summed E-state index contributed by atoms with van der Waals surface area (Å²) in [6.07, 6.45) is 17.7. The Morgan fingerprint density at radius 1 is 0.750 bits per heavy atom. The molecule has 0 spiro atoms. The van der Waals surface area contributed by atoms with E-state index in [1.165, 1.54) is 83.5 Å². The molecule has 220 valence electrons. The van der Waals surface area contributed by atoms with E-state index in [0.717, 1.165) is 29.8 Å². The van der Waals surface area contributed by atoms with Crippen LogP contribution in [0.1, 0.15) is 114 Å². The van der Waals surface area contributed by atoms with Crippen LogP contribution in [-0.2, 0) is 0 Å². The van der Waals surface area contributed by atoms with E-state index in [1.807, 2.05) is 37.3 Å². The van der Waals surface area contributed by atoms with E-state index >= 15 is 0 Å². The number of unbranched alkanes of at least 4 members (excludes halogenated alkanes) is 13. The van der Waals surface area contributed by atoms with Gasteiger partial charge in [0, 0.05) is 21.2 Å². The van der Waals surface area contributed by atoms with Crippen molar-refractivity contribution in [3.05, 3.63) is 68.8 Å². The number of benzene rings is 2. The van der Waals surface area contributed by atoms with Crippen molar-refractivity contribution in [1.82, 2.24) is 15.1 Å². The summed E-state index contributed by atoms with van der Waals surface area (Å²) in [5.41, 5.74) is 3.96. The molecular formula is C33H46Cl3N3O. The molecule has 3 rings (SSSR count). The summed E-state index contributed by atoms with van der Waals surface area (Å²) in [7, 11) is 0. The Morgan fingerprint density at radius 3 is 1.82 bits per heavy atom. The minimum absolute atomic E-state index is 0.488. The Bertz CT molecular complexity index is 1150. The third-order valence-corrected chi connectivity index (χ3v) is 8.33. The third-order valence-electron chi connectivity index (χ3n) is 7.54. The SMILES string of the molecule is CCCCCCCCCCCCCCCCNC(O)c1nn(-c2ccc(Cl)cc2Cl)c(-c2ccc(Cl)cc2)c1C. The van der Waals surface area contributed by atoms with Gasteiger partial charge in [-0.05, 0) is 50.2 Å². The average Bonchev–Trinajstić information content (AvgIpc) is 3.27. The molecular weight excluding hydrogens is 561 g/mol. The first-order valence-corrected chi connectivity index (χ1v) is 16.3. The van der Waals surface area contributed by atoms with Crippen LogP contribution in [-0.4, -0.2) is 21.4 Å². The van der Waals surface area contributed by atoms with E-state index in [-0.39, 0.29) is 0 Å². The van der Waals surface area contributed by atoms with Gasteiger partial charge in [0.05, 0.1) is 16.4 Å². The van der Waals surface area contributed by atoms with Gasteiger partial charge in [-0.25, -0.2) is 4.68 Å². The highest BCUT2D eigenvalue weighted by atomic mass is 35.5. The highest BCUT2D eigenvalue weighted by molar-refractivity contribution is 6.35. The molecule has 0 radical (unpaired) electrons. The van der Waals surface area contributed by atoms with E-state index in [9.17, 15) is 5.11 Å². The van der Waals surface area contributed by atoms with Crippen molar-refractivity contribution in [2.45, 2.75) is 110 Å². The Morgan fingerprint density at radius 2 is 1.27 bits per heavy atom. The molecule has 0 bridgehead atoms. The van der Waals surface area contributed by atoms with Crippen molar-refractivity contribution < 1.29 is 5.11 Å². The number of aliphatic hydroxyl groups excluding tert-OH is 1. The molecule has 2 N–H and O–H groups in total.